The Morgan fingerprint density at radius 3 is 3.29 bits per heavy atom. The van der Waals surface area contributed by atoms with Crippen molar-refractivity contribution in [3.63, 3.8) is 0 Å². The summed E-state index contributed by atoms with van der Waals surface area (Å²) >= 11 is 0. The molecule has 0 aromatic carbocycles. The number of rotatable bonds is 3. The summed E-state index contributed by atoms with van der Waals surface area (Å²) in [6.45, 7) is 3.35. The fourth-order valence-electron chi connectivity index (χ4n) is 1.86. The lowest BCUT2D eigenvalue weighted by Crippen LogP contribution is -2.33. The fourth-order valence-corrected chi connectivity index (χ4v) is 1.86. The molecule has 4 nitrogen and oxygen atoms in total. The lowest BCUT2D eigenvalue weighted by molar-refractivity contribution is 0.392. The molecule has 1 aliphatic heterocycles. The van der Waals surface area contributed by atoms with Crippen molar-refractivity contribution in [3.05, 3.63) is 12.3 Å². The molecule has 4 heteroatoms. The number of nitrogens with one attached hydrogen (secondary N) is 2. The van der Waals surface area contributed by atoms with Gasteiger partial charge in [-0.05, 0) is 31.8 Å². The molecular formula is C10H18N4. The minimum atomic E-state index is 0.755. The van der Waals surface area contributed by atoms with Crippen LogP contribution in [0.4, 0.5) is 5.82 Å². The van der Waals surface area contributed by atoms with Crippen LogP contribution in [0, 0.1) is 5.92 Å². The van der Waals surface area contributed by atoms with Gasteiger partial charge in [0.05, 0.1) is 0 Å². The first kappa shape index (κ1) is 9.52. The largest absolute Gasteiger partial charge is 0.368 e. The van der Waals surface area contributed by atoms with Crippen molar-refractivity contribution in [1.29, 1.82) is 0 Å². The number of hydrogen-bond acceptors (Lipinski definition) is 3. The number of piperidine rings is 1. The zero-order chi connectivity index (χ0) is 9.80. The molecule has 1 aromatic heterocycles. The minimum Gasteiger partial charge on any atom is -0.368 e. The van der Waals surface area contributed by atoms with E-state index in [9.17, 15) is 0 Å². The van der Waals surface area contributed by atoms with Crippen LogP contribution in [0.25, 0.3) is 0 Å². The van der Waals surface area contributed by atoms with Crippen molar-refractivity contribution in [2.45, 2.75) is 12.8 Å². The molecule has 1 unspecified atom stereocenters. The van der Waals surface area contributed by atoms with Crippen LogP contribution in [0.1, 0.15) is 12.8 Å². The highest BCUT2D eigenvalue weighted by Crippen LogP contribution is 2.11. The van der Waals surface area contributed by atoms with Crippen LogP contribution in [0.15, 0.2) is 12.3 Å². The van der Waals surface area contributed by atoms with Gasteiger partial charge < -0.3 is 10.6 Å². The Bertz CT molecular complexity index is 275. The molecule has 0 spiro atoms. The molecule has 0 aliphatic carbocycles. The molecule has 14 heavy (non-hydrogen) atoms. The summed E-state index contributed by atoms with van der Waals surface area (Å²) in [6.07, 6.45) is 4.59. The van der Waals surface area contributed by atoms with Crippen molar-refractivity contribution >= 4 is 5.82 Å². The Balaban J connectivity index is 1.76. The van der Waals surface area contributed by atoms with E-state index < -0.39 is 0 Å². The lowest BCUT2D eigenvalue weighted by atomic mass is 10.00. The van der Waals surface area contributed by atoms with E-state index in [0.29, 0.717) is 0 Å². The molecule has 0 radical (unpaired) electrons. The van der Waals surface area contributed by atoms with Gasteiger partial charge in [-0.15, -0.1) is 0 Å². The molecule has 2 heterocycles. The van der Waals surface area contributed by atoms with E-state index in [0.717, 1.165) is 24.8 Å². The molecule has 2 N–H and O–H groups in total. The van der Waals surface area contributed by atoms with Gasteiger partial charge in [0.15, 0.2) is 0 Å². The maximum Gasteiger partial charge on any atom is 0.147 e. The molecule has 1 aromatic rings. The number of anilines is 1. The third kappa shape index (κ3) is 2.48. The fraction of sp³-hybridized carbons (Fsp3) is 0.700. The summed E-state index contributed by atoms with van der Waals surface area (Å²) in [5.41, 5.74) is 0. The summed E-state index contributed by atoms with van der Waals surface area (Å²) < 4.78 is 1.82. The quantitative estimate of drug-likeness (QED) is 0.749. The molecule has 0 bridgehead atoms. The summed E-state index contributed by atoms with van der Waals surface area (Å²) in [5.74, 6) is 1.74. The number of aryl methyl sites for hydroxylation is 1. The zero-order valence-electron chi connectivity index (χ0n) is 8.66. The molecule has 1 saturated heterocycles. The Labute approximate surface area is 84.7 Å². The SMILES string of the molecule is Cn1ccc(NCC2CCCNC2)n1. The monoisotopic (exact) mass is 194 g/mol. The van der Waals surface area contributed by atoms with Crippen molar-refractivity contribution in [2.24, 2.45) is 13.0 Å². The summed E-state index contributed by atoms with van der Waals surface area (Å²) in [4.78, 5) is 0. The Kier molecular flexibility index (Phi) is 3.03. The molecule has 2 rings (SSSR count). The first-order valence-electron chi connectivity index (χ1n) is 5.29. The third-order valence-corrected chi connectivity index (χ3v) is 2.68. The molecule has 1 atom stereocenters. The van der Waals surface area contributed by atoms with E-state index in [4.69, 9.17) is 0 Å². The van der Waals surface area contributed by atoms with E-state index >= 15 is 0 Å². The van der Waals surface area contributed by atoms with E-state index in [1.165, 1.54) is 19.4 Å². The van der Waals surface area contributed by atoms with Gasteiger partial charge in [-0.25, -0.2) is 0 Å². The molecule has 1 fully saturated rings. The molecule has 1 aliphatic rings. The van der Waals surface area contributed by atoms with Crippen LogP contribution in [0.2, 0.25) is 0 Å². The maximum atomic E-state index is 4.28. The van der Waals surface area contributed by atoms with Gasteiger partial charge in [0.2, 0.25) is 0 Å². The van der Waals surface area contributed by atoms with Crippen molar-refractivity contribution in [2.75, 3.05) is 25.0 Å². The topological polar surface area (TPSA) is 41.9 Å². The van der Waals surface area contributed by atoms with Gasteiger partial charge in [0, 0.05) is 25.9 Å². The van der Waals surface area contributed by atoms with Crippen LogP contribution in [-0.4, -0.2) is 29.4 Å². The minimum absolute atomic E-state index is 0.755. The molecular weight excluding hydrogens is 176 g/mol. The number of hydrogen-bond donors (Lipinski definition) is 2. The van der Waals surface area contributed by atoms with Crippen molar-refractivity contribution in [3.8, 4) is 0 Å². The maximum absolute atomic E-state index is 4.28. The van der Waals surface area contributed by atoms with E-state index in [1.54, 1.807) is 0 Å². The van der Waals surface area contributed by atoms with Gasteiger partial charge in [0.1, 0.15) is 5.82 Å². The predicted octanol–water partition coefficient (Wildman–Crippen LogP) is 0.832. The van der Waals surface area contributed by atoms with Crippen LogP contribution in [0.5, 0.6) is 0 Å². The molecule has 0 amide bonds. The highest BCUT2D eigenvalue weighted by Gasteiger charge is 2.12. The van der Waals surface area contributed by atoms with Gasteiger partial charge in [-0.3, -0.25) is 4.68 Å². The number of aromatic nitrogens is 2. The van der Waals surface area contributed by atoms with Gasteiger partial charge in [-0.2, -0.15) is 5.10 Å². The van der Waals surface area contributed by atoms with E-state index in [1.807, 2.05) is 24.0 Å². The van der Waals surface area contributed by atoms with Gasteiger partial charge in [-0.1, -0.05) is 0 Å². The van der Waals surface area contributed by atoms with E-state index in [-0.39, 0.29) is 0 Å². The summed E-state index contributed by atoms with van der Waals surface area (Å²) in [6, 6.07) is 2.01. The highest BCUT2D eigenvalue weighted by atomic mass is 15.3. The normalized spacial score (nSPS) is 22.2. The zero-order valence-corrected chi connectivity index (χ0v) is 8.66. The van der Waals surface area contributed by atoms with Crippen LogP contribution in [-0.2, 0) is 7.05 Å². The Morgan fingerprint density at radius 1 is 1.71 bits per heavy atom. The van der Waals surface area contributed by atoms with Crippen LogP contribution < -0.4 is 10.6 Å². The second-order valence-electron chi connectivity index (χ2n) is 3.97. The smallest absolute Gasteiger partial charge is 0.147 e. The lowest BCUT2D eigenvalue weighted by Gasteiger charge is -2.22. The Hall–Kier alpha value is -1.03. The summed E-state index contributed by atoms with van der Waals surface area (Å²) in [5, 5.41) is 11.1. The standard InChI is InChI=1S/C10H18N4/c1-14-6-4-10(13-14)12-8-9-3-2-5-11-7-9/h4,6,9,11H,2-3,5,7-8H2,1H3,(H,12,13). The second kappa shape index (κ2) is 4.46. The third-order valence-electron chi connectivity index (χ3n) is 2.68. The first-order valence-corrected chi connectivity index (χ1v) is 5.29. The van der Waals surface area contributed by atoms with Gasteiger partial charge in [0.25, 0.3) is 0 Å². The summed E-state index contributed by atoms with van der Waals surface area (Å²) in [7, 11) is 1.94. The Morgan fingerprint density at radius 2 is 2.64 bits per heavy atom. The predicted molar refractivity (Wildman–Crippen MR) is 57.3 cm³/mol. The molecule has 78 valence electrons. The van der Waals surface area contributed by atoms with Crippen LogP contribution >= 0.6 is 0 Å². The average molecular weight is 194 g/mol. The average Bonchev–Trinajstić information content (AvgIpc) is 2.63. The van der Waals surface area contributed by atoms with Crippen LogP contribution in [0.3, 0.4) is 0 Å². The molecule has 0 saturated carbocycles. The number of nitrogens with zero attached hydrogens (tertiary/aromatic N) is 2. The van der Waals surface area contributed by atoms with Crippen molar-refractivity contribution in [1.82, 2.24) is 15.1 Å². The van der Waals surface area contributed by atoms with E-state index in [2.05, 4.69) is 15.7 Å². The first-order chi connectivity index (χ1) is 6.84. The van der Waals surface area contributed by atoms with Crippen molar-refractivity contribution < 1.29 is 0 Å². The second-order valence-corrected chi connectivity index (χ2v) is 3.97. The highest BCUT2D eigenvalue weighted by molar-refractivity contribution is 5.31. The van der Waals surface area contributed by atoms with Gasteiger partial charge >= 0.3 is 0 Å².